The van der Waals surface area contributed by atoms with Gasteiger partial charge in [-0.3, -0.25) is 14.9 Å². The van der Waals surface area contributed by atoms with Crippen LogP contribution in [-0.4, -0.2) is 29.7 Å². The summed E-state index contributed by atoms with van der Waals surface area (Å²) in [6, 6.07) is 3.09. The highest BCUT2D eigenvalue weighted by molar-refractivity contribution is 5.92. The third-order valence-electron chi connectivity index (χ3n) is 3.07. The van der Waals surface area contributed by atoms with Crippen LogP contribution in [0.15, 0.2) is 43.6 Å². The van der Waals surface area contributed by atoms with Gasteiger partial charge in [0.05, 0.1) is 10.5 Å². The standard InChI is InChI=1S/C18H20N2O3.CH4/c1-6-15-16(7-2)18(20(22)23)11-10-17(15)14(12-19(4)5)9-8-13(3)21;/h6-12H,1-2H2,3-5H3;1H4/b9-8-,14-12-;. The number of nitrogens with zero attached hydrogens (tertiary/aromatic N) is 2. The van der Waals surface area contributed by atoms with E-state index in [4.69, 9.17) is 0 Å². The number of ketones is 1. The van der Waals surface area contributed by atoms with Gasteiger partial charge in [0.1, 0.15) is 0 Å². The predicted molar refractivity (Wildman–Crippen MR) is 101 cm³/mol. The molecule has 0 radical (unpaired) electrons. The van der Waals surface area contributed by atoms with Crippen LogP contribution in [0.2, 0.25) is 0 Å². The summed E-state index contributed by atoms with van der Waals surface area (Å²) in [5.41, 5.74) is 2.47. The second-order valence-corrected chi connectivity index (χ2v) is 5.12. The maximum Gasteiger partial charge on any atom is 0.277 e. The molecule has 0 fully saturated rings. The van der Waals surface area contributed by atoms with Gasteiger partial charge in [-0.05, 0) is 41.8 Å². The molecule has 1 rings (SSSR count). The molecule has 1 aromatic rings. The molecular formula is C19H24N2O3. The molecule has 0 aliphatic heterocycles. The maximum absolute atomic E-state index is 11.2. The molecule has 0 N–H and O–H groups in total. The van der Waals surface area contributed by atoms with E-state index < -0.39 is 4.92 Å². The number of carbonyl (C=O) groups is 1. The minimum atomic E-state index is -0.450. The Balaban J connectivity index is 0.00000529. The fourth-order valence-corrected chi connectivity index (χ4v) is 2.16. The van der Waals surface area contributed by atoms with Crippen LogP contribution in [0.1, 0.15) is 31.0 Å². The average Bonchev–Trinajstić information content (AvgIpc) is 2.49. The second kappa shape index (κ2) is 9.25. The highest BCUT2D eigenvalue weighted by Gasteiger charge is 2.18. The van der Waals surface area contributed by atoms with Gasteiger partial charge in [0.15, 0.2) is 5.78 Å². The van der Waals surface area contributed by atoms with E-state index >= 15 is 0 Å². The van der Waals surface area contributed by atoms with Crippen molar-refractivity contribution in [3.63, 3.8) is 0 Å². The Morgan fingerprint density at radius 1 is 1.17 bits per heavy atom. The van der Waals surface area contributed by atoms with Crippen molar-refractivity contribution in [1.82, 2.24) is 4.90 Å². The smallest absolute Gasteiger partial charge is 0.277 e. The zero-order chi connectivity index (χ0) is 17.6. The number of allylic oxidation sites excluding steroid dienone is 3. The quantitative estimate of drug-likeness (QED) is 0.318. The lowest BCUT2D eigenvalue weighted by molar-refractivity contribution is -0.385. The fraction of sp³-hybridized carbons (Fsp3) is 0.211. The number of nitro groups is 1. The van der Waals surface area contributed by atoms with Crippen LogP contribution in [0.3, 0.4) is 0 Å². The molecule has 0 amide bonds. The molecule has 0 aliphatic rings. The Labute approximate surface area is 143 Å². The summed E-state index contributed by atoms with van der Waals surface area (Å²) in [4.78, 5) is 23.8. The molecule has 0 aliphatic carbocycles. The van der Waals surface area contributed by atoms with Crippen molar-refractivity contribution in [3.05, 3.63) is 70.4 Å². The zero-order valence-corrected chi connectivity index (χ0v) is 13.6. The van der Waals surface area contributed by atoms with Crippen LogP contribution in [0.5, 0.6) is 0 Å². The Bertz CT molecular complexity index is 714. The molecule has 0 aromatic heterocycles. The van der Waals surface area contributed by atoms with Crippen molar-refractivity contribution >= 4 is 29.2 Å². The van der Waals surface area contributed by atoms with E-state index in [-0.39, 0.29) is 18.9 Å². The second-order valence-electron chi connectivity index (χ2n) is 5.12. The Hall–Kier alpha value is -2.95. The highest BCUT2D eigenvalue weighted by Crippen LogP contribution is 2.32. The molecule has 0 atom stereocenters. The number of rotatable bonds is 7. The molecule has 0 saturated carbocycles. The lowest BCUT2D eigenvalue weighted by atomic mass is 9.93. The van der Waals surface area contributed by atoms with Crippen LogP contribution in [0.25, 0.3) is 17.7 Å². The van der Waals surface area contributed by atoms with Gasteiger partial charge in [0.2, 0.25) is 0 Å². The summed E-state index contributed by atoms with van der Waals surface area (Å²) in [5, 5.41) is 11.2. The van der Waals surface area contributed by atoms with E-state index in [0.717, 1.165) is 11.1 Å². The van der Waals surface area contributed by atoms with Gasteiger partial charge in [-0.15, -0.1) is 0 Å². The number of carbonyl (C=O) groups excluding carboxylic acids is 1. The fourth-order valence-electron chi connectivity index (χ4n) is 2.16. The predicted octanol–water partition coefficient (Wildman–Crippen LogP) is 4.56. The Morgan fingerprint density at radius 2 is 1.75 bits per heavy atom. The third kappa shape index (κ3) is 5.05. The van der Waals surface area contributed by atoms with Crippen LogP contribution >= 0.6 is 0 Å². The molecule has 0 saturated heterocycles. The summed E-state index contributed by atoms with van der Waals surface area (Å²) in [7, 11) is 3.71. The first-order valence-corrected chi connectivity index (χ1v) is 6.95. The van der Waals surface area contributed by atoms with Crippen molar-refractivity contribution in [1.29, 1.82) is 0 Å². The summed E-state index contributed by atoms with van der Waals surface area (Å²) in [5.74, 6) is -0.0827. The van der Waals surface area contributed by atoms with E-state index in [2.05, 4.69) is 13.2 Å². The van der Waals surface area contributed by atoms with E-state index in [1.165, 1.54) is 25.1 Å². The minimum absolute atomic E-state index is 0. The summed E-state index contributed by atoms with van der Waals surface area (Å²) < 4.78 is 0. The van der Waals surface area contributed by atoms with Crippen LogP contribution < -0.4 is 0 Å². The number of benzene rings is 1. The molecule has 5 heteroatoms. The van der Waals surface area contributed by atoms with Crippen LogP contribution in [0.4, 0.5) is 5.69 Å². The van der Waals surface area contributed by atoms with Gasteiger partial charge in [-0.2, -0.15) is 0 Å². The van der Waals surface area contributed by atoms with Crippen LogP contribution in [-0.2, 0) is 4.79 Å². The largest absolute Gasteiger partial charge is 0.383 e. The first-order valence-electron chi connectivity index (χ1n) is 6.95. The number of hydrogen-bond donors (Lipinski definition) is 0. The Morgan fingerprint density at radius 3 is 2.17 bits per heavy atom. The normalized spacial score (nSPS) is 10.9. The maximum atomic E-state index is 11.2. The Kier molecular flexibility index (Phi) is 8.11. The lowest BCUT2D eigenvalue weighted by Crippen LogP contribution is -2.04. The molecule has 1 aromatic carbocycles. The van der Waals surface area contributed by atoms with Crippen LogP contribution in [0, 0.1) is 10.1 Å². The molecule has 0 spiro atoms. The molecule has 0 bridgehead atoms. The summed E-state index contributed by atoms with van der Waals surface area (Å²) in [6.07, 6.45) is 7.98. The van der Waals surface area contributed by atoms with Gasteiger partial charge in [0, 0.05) is 26.4 Å². The van der Waals surface area contributed by atoms with E-state index in [1.54, 1.807) is 18.2 Å². The SMILES string of the molecule is C.C=Cc1c(C(/C=C\C(C)=O)=C\N(C)C)ccc([N+](=O)[O-])c1C=C. The molecule has 128 valence electrons. The first-order chi connectivity index (χ1) is 10.8. The van der Waals surface area contributed by atoms with Crippen molar-refractivity contribution < 1.29 is 9.72 Å². The molecule has 0 heterocycles. The molecule has 0 unspecified atom stereocenters. The first kappa shape index (κ1) is 21.0. The topological polar surface area (TPSA) is 63.5 Å². The van der Waals surface area contributed by atoms with Gasteiger partial charge in [0.25, 0.3) is 5.69 Å². The van der Waals surface area contributed by atoms with Gasteiger partial charge >= 0.3 is 0 Å². The van der Waals surface area contributed by atoms with Gasteiger partial charge < -0.3 is 4.90 Å². The minimum Gasteiger partial charge on any atom is -0.383 e. The summed E-state index contributed by atoms with van der Waals surface area (Å²) >= 11 is 0. The average molecular weight is 328 g/mol. The van der Waals surface area contributed by atoms with E-state index in [1.807, 2.05) is 25.2 Å². The van der Waals surface area contributed by atoms with Crippen molar-refractivity contribution in [2.24, 2.45) is 0 Å². The van der Waals surface area contributed by atoms with Gasteiger partial charge in [-0.1, -0.05) is 32.7 Å². The lowest BCUT2D eigenvalue weighted by Gasteiger charge is -2.14. The molecular weight excluding hydrogens is 304 g/mol. The third-order valence-corrected chi connectivity index (χ3v) is 3.07. The van der Waals surface area contributed by atoms with Gasteiger partial charge in [-0.25, -0.2) is 0 Å². The molecule has 5 nitrogen and oxygen atoms in total. The number of hydrogen-bond acceptors (Lipinski definition) is 4. The van der Waals surface area contributed by atoms with E-state index in [0.29, 0.717) is 11.1 Å². The van der Waals surface area contributed by atoms with Crippen molar-refractivity contribution in [2.45, 2.75) is 14.4 Å². The monoisotopic (exact) mass is 328 g/mol. The van der Waals surface area contributed by atoms with Crippen molar-refractivity contribution in [2.75, 3.05) is 14.1 Å². The highest BCUT2D eigenvalue weighted by atomic mass is 16.6. The number of nitro benzene ring substituents is 1. The van der Waals surface area contributed by atoms with E-state index in [9.17, 15) is 14.9 Å². The van der Waals surface area contributed by atoms with Crippen molar-refractivity contribution in [3.8, 4) is 0 Å². The summed E-state index contributed by atoms with van der Waals surface area (Å²) in [6.45, 7) is 8.88. The molecule has 24 heavy (non-hydrogen) atoms. The zero-order valence-electron chi connectivity index (χ0n) is 13.6.